The fourth-order valence-corrected chi connectivity index (χ4v) is 3.14. The number of nitro groups is 1. The zero-order chi connectivity index (χ0) is 18.0. The first-order valence-electron chi connectivity index (χ1n) is 7.20. The number of aliphatic imine (C=N–C) groups is 1. The quantitative estimate of drug-likeness (QED) is 0.473. The number of amidine groups is 1. The second-order valence-corrected chi connectivity index (χ2v) is 6.21. The van der Waals surface area contributed by atoms with Crippen LogP contribution in [-0.4, -0.2) is 27.9 Å². The van der Waals surface area contributed by atoms with Crippen LogP contribution in [0.25, 0.3) is 6.08 Å². The van der Waals surface area contributed by atoms with Crippen LogP contribution in [0.1, 0.15) is 5.56 Å². The first-order chi connectivity index (χ1) is 11.9. The number of halogens is 1. The first kappa shape index (κ1) is 16.8. The summed E-state index contributed by atoms with van der Waals surface area (Å²) < 4.78 is 13.0. The monoisotopic (exact) mass is 357 g/mol. The fraction of sp³-hybridized carbons (Fsp3) is 0.0588. The number of nitro benzene ring substituents is 1. The van der Waals surface area contributed by atoms with Gasteiger partial charge in [0, 0.05) is 19.2 Å². The molecule has 0 spiro atoms. The van der Waals surface area contributed by atoms with E-state index in [0.717, 1.165) is 11.8 Å². The zero-order valence-corrected chi connectivity index (χ0v) is 13.9. The van der Waals surface area contributed by atoms with Crippen molar-refractivity contribution in [1.29, 1.82) is 0 Å². The van der Waals surface area contributed by atoms with Crippen molar-refractivity contribution < 1.29 is 14.1 Å². The minimum absolute atomic E-state index is 0.0432. The molecule has 2 aromatic rings. The van der Waals surface area contributed by atoms with E-state index in [9.17, 15) is 19.3 Å². The summed E-state index contributed by atoms with van der Waals surface area (Å²) in [4.78, 5) is 28.8. The molecule has 1 aliphatic heterocycles. The molecular formula is C17H12FN3O3S. The van der Waals surface area contributed by atoms with Crippen LogP contribution < -0.4 is 0 Å². The van der Waals surface area contributed by atoms with Gasteiger partial charge in [0.1, 0.15) is 5.82 Å². The van der Waals surface area contributed by atoms with Crippen molar-refractivity contribution in [3.05, 3.63) is 74.9 Å². The van der Waals surface area contributed by atoms with E-state index in [2.05, 4.69) is 4.99 Å². The molecule has 3 rings (SSSR count). The number of hydrogen-bond donors (Lipinski definition) is 0. The Morgan fingerprint density at radius 2 is 1.96 bits per heavy atom. The fourth-order valence-electron chi connectivity index (χ4n) is 2.16. The molecule has 0 bridgehead atoms. The summed E-state index contributed by atoms with van der Waals surface area (Å²) in [5, 5.41) is 11.3. The summed E-state index contributed by atoms with van der Waals surface area (Å²) in [6.45, 7) is 0. The summed E-state index contributed by atoms with van der Waals surface area (Å²) in [5.41, 5.74) is 1.04. The number of rotatable bonds is 3. The van der Waals surface area contributed by atoms with Crippen LogP contribution >= 0.6 is 11.8 Å². The molecule has 8 heteroatoms. The zero-order valence-electron chi connectivity index (χ0n) is 13.0. The van der Waals surface area contributed by atoms with Crippen LogP contribution in [0.2, 0.25) is 0 Å². The van der Waals surface area contributed by atoms with Gasteiger partial charge in [0.05, 0.1) is 15.5 Å². The topological polar surface area (TPSA) is 75.8 Å². The van der Waals surface area contributed by atoms with E-state index in [1.165, 1.54) is 41.3 Å². The maximum Gasteiger partial charge on any atom is 0.270 e. The number of likely N-dealkylation sites (N-methyl/N-ethyl adjacent to an activating group) is 1. The highest BCUT2D eigenvalue weighted by molar-refractivity contribution is 8.18. The minimum atomic E-state index is -0.487. The number of amides is 1. The van der Waals surface area contributed by atoms with Gasteiger partial charge in [-0.2, -0.15) is 0 Å². The highest BCUT2D eigenvalue weighted by Gasteiger charge is 2.30. The molecule has 1 amide bonds. The Bertz CT molecular complexity index is 910. The van der Waals surface area contributed by atoms with Crippen LogP contribution in [0.5, 0.6) is 0 Å². The predicted octanol–water partition coefficient (Wildman–Crippen LogP) is 3.97. The molecule has 0 aromatic heterocycles. The van der Waals surface area contributed by atoms with Gasteiger partial charge in [-0.25, -0.2) is 9.38 Å². The smallest absolute Gasteiger partial charge is 0.270 e. The molecule has 126 valence electrons. The number of nitrogens with zero attached hydrogens (tertiary/aromatic N) is 3. The second kappa shape index (κ2) is 6.86. The van der Waals surface area contributed by atoms with Crippen molar-refractivity contribution >= 4 is 40.3 Å². The number of carbonyl (C=O) groups is 1. The Hall–Kier alpha value is -3.00. The lowest BCUT2D eigenvalue weighted by Gasteiger charge is -2.06. The van der Waals surface area contributed by atoms with Gasteiger partial charge in [-0.1, -0.05) is 12.1 Å². The normalized spacial score (nSPS) is 17.5. The SMILES string of the molecule is CN1C(=O)/C(=C\c2cccc([N+](=O)[O-])c2)SC1=Nc1ccc(F)cc1. The lowest BCUT2D eigenvalue weighted by molar-refractivity contribution is -0.384. The van der Waals surface area contributed by atoms with Gasteiger partial charge in [-0.05, 0) is 47.7 Å². The van der Waals surface area contributed by atoms with Crippen molar-refractivity contribution in [2.45, 2.75) is 0 Å². The molecule has 0 aliphatic carbocycles. The Balaban J connectivity index is 1.89. The lowest BCUT2D eigenvalue weighted by atomic mass is 10.2. The van der Waals surface area contributed by atoms with Crippen molar-refractivity contribution in [3.63, 3.8) is 0 Å². The van der Waals surface area contributed by atoms with Crippen molar-refractivity contribution in [2.75, 3.05) is 7.05 Å². The predicted molar refractivity (Wildman–Crippen MR) is 94.9 cm³/mol. The molecule has 1 fully saturated rings. The number of non-ortho nitro benzene ring substituents is 1. The van der Waals surface area contributed by atoms with Crippen LogP contribution in [-0.2, 0) is 4.79 Å². The average molecular weight is 357 g/mol. The molecule has 0 atom stereocenters. The largest absolute Gasteiger partial charge is 0.290 e. The summed E-state index contributed by atoms with van der Waals surface area (Å²) in [7, 11) is 1.59. The van der Waals surface area contributed by atoms with E-state index in [1.807, 2.05) is 0 Å². The van der Waals surface area contributed by atoms with Crippen LogP contribution in [0.15, 0.2) is 58.4 Å². The molecule has 1 heterocycles. The molecule has 1 aliphatic rings. The standard InChI is InChI=1S/C17H12FN3O3S/c1-20-16(22)15(10-11-3-2-4-14(9-11)21(23)24)25-17(20)19-13-7-5-12(18)6-8-13/h2-10H,1H3/b15-10+,19-17?. The molecule has 0 radical (unpaired) electrons. The van der Waals surface area contributed by atoms with E-state index in [4.69, 9.17) is 0 Å². The van der Waals surface area contributed by atoms with E-state index in [-0.39, 0.29) is 17.4 Å². The number of thioether (sulfide) groups is 1. The van der Waals surface area contributed by atoms with Gasteiger partial charge in [-0.15, -0.1) is 0 Å². The summed E-state index contributed by atoms with van der Waals surface area (Å²) in [6.07, 6.45) is 1.59. The van der Waals surface area contributed by atoms with Crippen molar-refractivity contribution in [2.24, 2.45) is 4.99 Å². The van der Waals surface area contributed by atoms with E-state index in [1.54, 1.807) is 25.3 Å². The molecule has 0 saturated carbocycles. The minimum Gasteiger partial charge on any atom is -0.290 e. The lowest BCUT2D eigenvalue weighted by Crippen LogP contribution is -2.23. The first-order valence-corrected chi connectivity index (χ1v) is 8.02. The molecule has 1 saturated heterocycles. The van der Waals surface area contributed by atoms with Gasteiger partial charge in [0.25, 0.3) is 11.6 Å². The Labute approximate surface area is 146 Å². The van der Waals surface area contributed by atoms with Crippen LogP contribution in [0, 0.1) is 15.9 Å². The molecule has 6 nitrogen and oxygen atoms in total. The van der Waals surface area contributed by atoms with E-state index >= 15 is 0 Å². The van der Waals surface area contributed by atoms with E-state index in [0.29, 0.717) is 21.3 Å². The van der Waals surface area contributed by atoms with Gasteiger partial charge >= 0.3 is 0 Å². The highest BCUT2D eigenvalue weighted by atomic mass is 32.2. The summed E-state index contributed by atoms with van der Waals surface area (Å²) in [6, 6.07) is 11.7. The Morgan fingerprint density at radius 1 is 1.24 bits per heavy atom. The van der Waals surface area contributed by atoms with Gasteiger partial charge < -0.3 is 0 Å². The summed E-state index contributed by atoms with van der Waals surface area (Å²) >= 11 is 1.16. The van der Waals surface area contributed by atoms with Crippen molar-refractivity contribution in [1.82, 2.24) is 4.90 Å². The number of carbonyl (C=O) groups excluding carboxylic acids is 1. The third kappa shape index (κ3) is 3.74. The molecule has 2 aromatic carbocycles. The van der Waals surface area contributed by atoms with Gasteiger partial charge in [-0.3, -0.25) is 19.8 Å². The molecular weight excluding hydrogens is 345 g/mol. The van der Waals surface area contributed by atoms with Gasteiger partial charge in [0.15, 0.2) is 5.17 Å². The highest BCUT2D eigenvalue weighted by Crippen LogP contribution is 2.33. The Morgan fingerprint density at radius 3 is 2.64 bits per heavy atom. The number of hydrogen-bond acceptors (Lipinski definition) is 5. The van der Waals surface area contributed by atoms with E-state index < -0.39 is 4.92 Å². The molecule has 25 heavy (non-hydrogen) atoms. The maximum absolute atomic E-state index is 13.0. The third-order valence-electron chi connectivity index (χ3n) is 3.43. The van der Waals surface area contributed by atoms with Crippen LogP contribution in [0.3, 0.4) is 0 Å². The third-order valence-corrected chi connectivity index (χ3v) is 4.49. The molecule has 0 unspecified atom stereocenters. The molecule has 0 N–H and O–H groups in total. The number of benzene rings is 2. The second-order valence-electron chi connectivity index (χ2n) is 5.20. The van der Waals surface area contributed by atoms with Crippen molar-refractivity contribution in [3.8, 4) is 0 Å². The van der Waals surface area contributed by atoms with Crippen LogP contribution in [0.4, 0.5) is 15.8 Å². The maximum atomic E-state index is 13.0. The van der Waals surface area contributed by atoms with Gasteiger partial charge in [0.2, 0.25) is 0 Å². The average Bonchev–Trinajstić information content (AvgIpc) is 2.85. The summed E-state index contributed by atoms with van der Waals surface area (Å²) in [5.74, 6) is -0.615. The Kier molecular flexibility index (Phi) is 4.62.